The van der Waals surface area contributed by atoms with Gasteiger partial charge in [-0.15, -0.1) is 0 Å². The van der Waals surface area contributed by atoms with Crippen molar-refractivity contribution < 1.29 is 29.7 Å². The van der Waals surface area contributed by atoms with Crippen LogP contribution in [0.3, 0.4) is 0 Å². The van der Waals surface area contributed by atoms with Gasteiger partial charge in [0.1, 0.15) is 0 Å². The van der Waals surface area contributed by atoms with E-state index in [0.717, 1.165) is 16.7 Å². The van der Waals surface area contributed by atoms with E-state index in [1.807, 2.05) is 30.3 Å². The summed E-state index contributed by atoms with van der Waals surface area (Å²) in [4.78, 5) is 34.8. The average molecular weight is 374 g/mol. The molecule has 1 aliphatic rings. The van der Waals surface area contributed by atoms with Gasteiger partial charge >= 0.3 is 17.9 Å². The third kappa shape index (κ3) is 2.63. The summed E-state index contributed by atoms with van der Waals surface area (Å²) >= 11 is 0. The lowest BCUT2D eigenvalue weighted by atomic mass is 9.90. The van der Waals surface area contributed by atoms with Crippen LogP contribution >= 0.6 is 0 Å². The molecule has 3 N–H and O–H groups in total. The van der Waals surface area contributed by atoms with Crippen molar-refractivity contribution in [2.75, 3.05) is 0 Å². The van der Waals surface area contributed by atoms with Crippen LogP contribution in [0.5, 0.6) is 0 Å². The predicted molar refractivity (Wildman–Crippen MR) is 101 cm³/mol. The van der Waals surface area contributed by atoms with Crippen molar-refractivity contribution in [1.29, 1.82) is 0 Å². The molecule has 0 aliphatic heterocycles. The second kappa shape index (κ2) is 6.35. The highest BCUT2D eigenvalue weighted by molar-refractivity contribution is 6.05. The number of carboxylic acids is 3. The SMILES string of the molecule is O=C(O)c1ccc(-c2ccc3c(c2C(=O)O)Cc2ccccc2-3)cc1C(=O)O. The van der Waals surface area contributed by atoms with Gasteiger partial charge in [0.2, 0.25) is 0 Å². The Morgan fingerprint density at radius 1 is 0.679 bits per heavy atom. The van der Waals surface area contributed by atoms with Crippen LogP contribution in [0, 0.1) is 0 Å². The van der Waals surface area contributed by atoms with Crippen LogP contribution in [-0.4, -0.2) is 33.2 Å². The highest BCUT2D eigenvalue weighted by atomic mass is 16.4. The molecule has 0 saturated carbocycles. The van der Waals surface area contributed by atoms with E-state index in [4.69, 9.17) is 0 Å². The minimum absolute atomic E-state index is 0.105. The van der Waals surface area contributed by atoms with Crippen molar-refractivity contribution in [3.05, 3.63) is 82.4 Å². The van der Waals surface area contributed by atoms with E-state index in [9.17, 15) is 29.7 Å². The second-order valence-electron chi connectivity index (χ2n) is 6.52. The largest absolute Gasteiger partial charge is 0.478 e. The van der Waals surface area contributed by atoms with Crippen LogP contribution in [0.2, 0.25) is 0 Å². The van der Waals surface area contributed by atoms with Crippen LogP contribution < -0.4 is 0 Å². The molecule has 0 spiro atoms. The van der Waals surface area contributed by atoms with Crippen LogP contribution in [0.1, 0.15) is 42.2 Å². The van der Waals surface area contributed by atoms with Crippen molar-refractivity contribution in [2.45, 2.75) is 6.42 Å². The third-order valence-electron chi connectivity index (χ3n) is 4.99. The van der Waals surface area contributed by atoms with Gasteiger partial charge in [-0.1, -0.05) is 42.5 Å². The Balaban J connectivity index is 1.94. The van der Waals surface area contributed by atoms with Gasteiger partial charge in [0, 0.05) is 0 Å². The molecule has 0 unspecified atom stereocenters. The van der Waals surface area contributed by atoms with E-state index in [-0.39, 0.29) is 16.7 Å². The first kappa shape index (κ1) is 17.5. The Morgan fingerprint density at radius 2 is 1.36 bits per heavy atom. The normalized spacial score (nSPS) is 11.6. The standard InChI is InChI=1S/C22H14O6/c23-20(24)16-6-5-12(10-18(16)21(25)26)14-7-8-15-13-4-2-1-3-11(13)9-17(15)19(14)22(27)28/h1-8,10H,9H2,(H,23,24)(H,25,26)(H,27,28). The van der Waals surface area contributed by atoms with E-state index >= 15 is 0 Å². The highest BCUT2D eigenvalue weighted by Crippen LogP contribution is 2.41. The number of fused-ring (bicyclic) bond motifs is 3. The Labute approximate surface area is 159 Å². The lowest BCUT2D eigenvalue weighted by molar-refractivity contribution is 0.0651. The van der Waals surface area contributed by atoms with Gasteiger partial charge in [0.05, 0.1) is 16.7 Å². The summed E-state index contributed by atoms with van der Waals surface area (Å²) in [6.45, 7) is 0. The summed E-state index contributed by atoms with van der Waals surface area (Å²) in [6.07, 6.45) is 0.472. The lowest BCUT2D eigenvalue weighted by Crippen LogP contribution is -2.09. The quantitative estimate of drug-likeness (QED) is 0.497. The zero-order chi connectivity index (χ0) is 20.0. The van der Waals surface area contributed by atoms with Crippen molar-refractivity contribution in [2.24, 2.45) is 0 Å². The number of carboxylic acid groups (broad SMARTS) is 3. The maximum absolute atomic E-state index is 12.1. The van der Waals surface area contributed by atoms with E-state index in [2.05, 4.69) is 0 Å². The van der Waals surface area contributed by atoms with Gasteiger partial charge in [0.15, 0.2) is 0 Å². The van der Waals surface area contributed by atoms with Crippen LogP contribution in [0.15, 0.2) is 54.6 Å². The second-order valence-corrected chi connectivity index (χ2v) is 6.52. The summed E-state index contributed by atoms with van der Waals surface area (Å²) < 4.78 is 0. The van der Waals surface area contributed by atoms with Crippen molar-refractivity contribution in [3.8, 4) is 22.3 Å². The number of rotatable bonds is 4. The van der Waals surface area contributed by atoms with Gasteiger partial charge < -0.3 is 15.3 Å². The molecular formula is C22H14O6. The molecule has 3 aromatic carbocycles. The smallest absolute Gasteiger partial charge is 0.336 e. The zero-order valence-corrected chi connectivity index (χ0v) is 14.5. The molecule has 6 heteroatoms. The maximum atomic E-state index is 12.1. The third-order valence-corrected chi connectivity index (χ3v) is 4.99. The van der Waals surface area contributed by atoms with Crippen molar-refractivity contribution >= 4 is 17.9 Å². The highest BCUT2D eigenvalue weighted by Gasteiger charge is 2.27. The fourth-order valence-electron chi connectivity index (χ4n) is 3.77. The number of benzene rings is 3. The molecular weight excluding hydrogens is 360 g/mol. The molecule has 0 bridgehead atoms. The summed E-state index contributed by atoms with van der Waals surface area (Å²) in [5.74, 6) is -3.85. The first-order chi connectivity index (χ1) is 13.4. The van der Waals surface area contributed by atoms with Crippen molar-refractivity contribution in [1.82, 2.24) is 0 Å². The number of aromatic carboxylic acids is 3. The number of carbonyl (C=O) groups is 3. The zero-order valence-electron chi connectivity index (χ0n) is 14.5. The summed E-state index contributed by atoms with van der Waals surface area (Å²) in [7, 11) is 0. The molecule has 1 aliphatic carbocycles. The molecule has 0 radical (unpaired) electrons. The van der Waals surface area contributed by atoms with Gasteiger partial charge in [-0.2, -0.15) is 0 Å². The molecule has 0 fully saturated rings. The number of hydrogen-bond donors (Lipinski definition) is 3. The summed E-state index contributed by atoms with van der Waals surface area (Å²) in [5, 5.41) is 28.4. The van der Waals surface area contributed by atoms with Crippen LogP contribution in [-0.2, 0) is 6.42 Å². The molecule has 138 valence electrons. The molecule has 0 amide bonds. The van der Waals surface area contributed by atoms with Crippen molar-refractivity contribution in [3.63, 3.8) is 0 Å². The first-order valence-electron chi connectivity index (χ1n) is 8.47. The maximum Gasteiger partial charge on any atom is 0.336 e. The van der Waals surface area contributed by atoms with Gasteiger partial charge in [-0.05, 0) is 51.9 Å². The number of hydrogen-bond acceptors (Lipinski definition) is 3. The minimum atomic E-state index is -1.38. The molecule has 28 heavy (non-hydrogen) atoms. The molecule has 0 atom stereocenters. The van der Waals surface area contributed by atoms with Gasteiger partial charge in [-0.25, -0.2) is 14.4 Å². The van der Waals surface area contributed by atoms with E-state index in [1.54, 1.807) is 6.07 Å². The average Bonchev–Trinajstić information content (AvgIpc) is 3.04. The van der Waals surface area contributed by atoms with E-state index < -0.39 is 17.9 Å². The van der Waals surface area contributed by atoms with Crippen LogP contribution in [0.25, 0.3) is 22.3 Å². The fraction of sp³-hybridized carbons (Fsp3) is 0.0455. The van der Waals surface area contributed by atoms with Crippen LogP contribution in [0.4, 0.5) is 0 Å². The molecule has 0 aromatic heterocycles. The predicted octanol–water partition coefficient (Wildman–Crippen LogP) is 4.02. The van der Waals surface area contributed by atoms with Gasteiger partial charge in [0.25, 0.3) is 0 Å². The topological polar surface area (TPSA) is 112 Å². The fourth-order valence-corrected chi connectivity index (χ4v) is 3.77. The molecule has 0 saturated heterocycles. The Morgan fingerprint density at radius 3 is 2.04 bits per heavy atom. The molecule has 6 nitrogen and oxygen atoms in total. The van der Waals surface area contributed by atoms with E-state index in [1.165, 1.54) is 18.2 Å². The summed E-state index contributed by atoms with van der Waals surface area (Å²) in [5.41, 5.74) is 3.61. The first-order valence-corrected chi connectivity index (χ1v) is 8.47. The lowest BCUT2D eigenvalue weighted by Gasteiger charge is -2.13. The Hall–Kier alpha value is -3.93. The monoisotopic (exact) mass is 374 g/mol. The summed E-state index contributed by atoms with van der Waals surface area (Å²) in [6, 6.07) is 15.0. The minimum Gasteiger partial charge on any atom is -0.478 e. The Bertz CT molecular complexity index is 1180. The Kier molecular flexibility index (Phi) is 3.96. The molecule has 0 heterocycles. The molecule has 3 aromatic rings. The molecule has 4 rings (SSSR count). The van der Waals surface area contributed by atoms with E-state index in [0.29, 0.717) is 23.1 Å². The van der Waals surface area contributed by atoms with Gasteiger partial charge in [-0.3, -0.25) is 0 Å².